The van der Waals surface area contributed by atoms with Crippen LogP contribution in [-0.2, 0) is 0 Å². The lowest BCUT2D eigenvalue weighted by molar-refractivity contribution is 0.101. The number of aromatic nitrogens is 4. The molecule has 3 aromatic heterocycles. The first kappa shape index (κ1) is 24.1. The molecule has 11 heteroatoms. The summed E-state index contributed by atoms with van der Waals surface area (Å²) in [4.78, 5) is 21.4. The number of ether oxygens (including phenoxy) is 2. The lowest BCUT2D eigenvalue weighted by Crippen LogP contribution is -2.31. The molecule has 0 fully saturated rings. The lowest BCUT2D eigenvalue weighted by Gasteiger charge is -2.32. The average molecular weight is 502 g/mol. The van der Waals surface area contributed by atoms with Crippen molar-refractivity contribution in [2.75, 3.05) is 19.0 Å². The van der Waals surface area contributed by atoms with E-state index < -0.39 is 11.5 Å². The van der Waals surface area contributed by atoms with Gasteiger partial charge >= 0.3 is 0 Å². The highest BCUT2D eigenvalue weighted by Crippen LogP contribution is 2.36. The first-order valence-corrected chi connectivity index (χ1v) is 11.7. The Morgan fingerprint density at radius 2 is 2.03 bits per heavy atom. The van der Waals surface area contributed by atoms with Gasteiger partial charge in [0.25, 0.3) is 11.1 Å². The molecule has 0 saturated carbocycles. The fourth-order valence-corrected chi connectivity index (χ4v) is 4.27. The maximum atomic E-state index is 13.1. The summed E-state index contributed by atoms with van der Waals surface area (Å²) in [5.74, 6) is 0.289. The maximum absolute atomic E-state index is 13.1. The summed E-state index contributed by atoms with van der Waals surface area (Å²) >= 11 is 7.23. The van der Waals surface area contributed by atoms with Crippen molar-refractivity contribution in [2.45, 2.75) is 32.8 Å². The molecule has 0 radical (unpaired) electrons. The number of pyridine rings is 2. The number of hydrogen-bond acceptors (Lipinski definition) is 9. The van der Waals surface area contributed by atoms with Gasteiger partial charge in [0.2, 0.25) is 5.13 Å². The van der Waals surface area contributed by atoms with E-state index in [4.69, 9.17) is 21.1 Å². The topological polar surface area (TPSA) is 119 Å². The highest BCUT2D eigenvalue weighted by Gasteiger charge is 2.30. The smallest absolute Gasteiger partial charge is 0.295 e. The second-order valence-electron chi connectivity index (χ2n) is 8.43. The fourth-order valence-electron chi connectivity index (χ4n) is 3.51. The van der Waals surface area contributed by atoms with Gasteiger partial charge in [0, 0.05) is 28.9 Å². The van der Waals surface area contributed by atoms with Crippen molar-refractivity contribution < 1.29 is 19.4 Å². The molecule has 0 spiro atoms. The first-order valence-electron chi connectivity index (χ1n) is 10.5. The zero-order valence-corrected chi connectivity index (χ0v) is 20.7. The molecule has 3 heterocycles. The van der Waals surface area contributed by atoms with Crippen molar-refractivity contribution in [3.8, 4) is 22.1 Å². The van der Waals surface area contributed by atoms with Gasteiger partial charge in [-0.15, -0.1) is 5.10 Å². The van der Waals surface area contributed by atoms with E-state index in [-0.39, 0.29) is 11.1 Å². The van der Waals surface area contributed by atoms with Gasteiger partial charge in [-0.25, -0.2) is 4.98 Å². The van der Waals surface area contributed by atoms with Crippen molar-refractivity contribution in [2.24, 2.45) is 5.92 Å². The Labute approximate surface area is 205 Å². The Hall–Kier alpha value is -3.08. The zero-order chi connectivity index (χ0) is 24.5. The van der Waals surface area contributed by atoms with Crippen LogP contribution in [0.1, 0.15) is 36.3 Å². The van der Waals surface area contributed by atoms with E-state index in [0.29, 0.717) is 39.4 Å². The molecule has 1 atom stereocenters. The summed E-state index contributed by atoms with van der Waals surface area (Å²) in [5.41, 5.74) is 2.48. The molecule has 1 unspecified atom stereocenters. The number of carbonyl (C=O) groups is 1. The van der Waals surface area contributed by atoms with Crippen LogP contribution in [0.25, 0.3) is 11.1 Å². The van der Waals surface area contributed by atoms with Gasteiger partial charge in [0.15, 0.2) is 0 Å². The van der Waals surface area contributed by atoms with E-state index in [2.05, 4.69) is 25.5 Å². The third-order valence-electron chi connectivity index (χ3n) is 5.38. The van der Waals surface area contributed by atoms with Crippen molar-refractivity contribution in [3.63, 3.8) is 0 Å². The number of nitrogens with zero attached hydrogens (tertiary/aromatic N) is 4. The third-order valence-corrected chi connectivity index (χ3v) is 6.34. The fraction of sp³-hybridized carbons (Fsp3) is 0.348. The molecule has 9 nitrogen and oxygen atoms in total. The lowest BCUT2D eigenvalue weighted by atomic mass is 9.79. The van der Waals surface area contributed by atoms with Gasteiger partial charge in [0.1, 0.15) is 10.9 Å². The number of hydrogen-bond donors (Lipinski definition) is 2. The highest BCUT2D eigenvalue weighted by atomic mass is 35.5. The molecule has 2 N–H and O–H groups in total. The summed E-state index contributed by atoms with van der Waals surface area (Å²) in [6.45, 7) is 5.79. The molecule has 0 bridgehead atoms. The Morgan fingerprint density at radius 1 is 1.26 bits per heavy atom. The van der Waals surface area contributed by atoms with Crippen molar-refractivity contribution >= 4 is 34.0 Å². The predicted molar refractivity (Wildman–Crippen MR) is 130 cm³/mol. The van der Waals surface area contributed by atoms with Crippen LogP contribution >= 0.6 is 22.9 Å². The van der Waals surface area contributed by atoms with E-state index in [1.165, 1.54) is 19.5 Å². The van der Waals surface area contributed by atoms with Crippen LogP contribution in [-0.4, -0.2) is 50.5 Å². The number of carbonyl (C=O) groups excluding carboxylic acids is 1. The van der Waals surface area contributed by atoms with E-state index in [1.54, 1.807) is 26.0 Å². The molecule has 4 rings (SSSR count). The molecule has 0 aromatic carbocycles. The van der Waals surface area contributed by atoms with Gasteiger partial charge in [-0.05, 0) is 56.2 Å². The van der Waals surface area contributed by atoms with E-state index in [9.17, 15) is 9.90 Å². The third kappa shape index (κ3) is 5.35. The Bertz CT molecular complexity index is 1250. The SMILES string of the molecule is COc1cnc(Cl)cc1-c1cc(C)ncc1C(=O)Nc1nnc(OCC2C=C(C(C)(C)O)C2)s1. The van der Waals surface area contributed by atoms with Crippen molar-refractivity contribution in [3.05, 3.63) is 52.6 Å². The van der Waals surface area contributed by atoms with Gasteiger partial charge in [0.05, 0.1) is 31.1 Å². The van der Waals surface area contributed by atoms with E-state index in [0.717, 1.165) is 29.0 Å². The van der Waals surface area contributed by atoms with E-state index in [1.807, 2.05) is 13.0 Å². The second kappa shape index (κ2) is 9.65. The summed E-state index contributed by atoms with van der Waals surface area (Å²) in [6, 6.07) is 3.42. The molecule has 0 saturated heterocycles. The summed E-state index contributed by atoms with van der Waals surface area (Å²) in [5, 5.41) is 21.7. The molecule has 0 aliphatic heterocycles. The highest BCUT2D eigenvalue weighted by molar-refractivity contribution is 7.17. The number of aryl methyl sites for hydroxylation is 1. The minimum atomic E-state index is -0.800. The van der Waals surface area contributed by atoms with Crippen LogP contribution in [0, 0.1) is 12.8 Å². The molecule has 3 aromatic rings. The minimum absolute atomic E-state index is 0.215. The zero-order valence-electron chi connectivity index (χ0n) is 19.1. The first-order chi connectivity index (χ1) is 16.1. The van der Waals surface area contributed by atoms with Crippen LogP contribution < -0.4 is 14.8 Å². The van der Waals surface area contributed by atoms with Gasteiger partial charge in [-0.1, -0.05) is 22.8 Å². The molecule has 34 heavy (non-hydrogen) atoms. The van der Waals surface area contributed by atoms with Crippen LogP contribution in [0.5, 0.6) is 10.9 Å². The summed E-state index contributed by atoms with van der Waals surface area (Å²) in [6.07, 6.45) is 5.79. The standard InChI is InChI=1S/C23H24ClN5O4S/c1-12-5-15(16-8-19(24)26-10-18(16)32-4)17(9-25-12)20(30)27-21-28-29-22(34-21)33-11-13-6-14(7-13)23(2,3)31/h5-6,8-10,13,31H,7,11H2,1-4H3,(H,27,28,30). The van der Waals surface area contributed by atoms with E-state index >= 15 is 0 Å². The van der Waals surface area contributed by atoms with Crippen LogP contribution in [0.2, 0.25) is 5.15 Å². The Morgan fingerprint density at radius 3 is 2.74 bits per heavy atom. The molecular formula is C23H24ClN5O4S. The molecule has 1 aliphatic carbocycles. The number of nitrogens with one attached hydrogen (secondary N) is 1. The number of aliphatic hydroxyl groups is 1. The van der Waals surface area contributed by atoms with Crippen LogP contribution in [0.15, 0.2) is 36.2 Å². The largest absolute Gasteiger partial charge is 0.494 e. The van der Waals surface area contributed by atoms with Gasteiger partial charge in [-0.2, -0.15) is 0 Å². The summed E-state index contributed by atoms with van der Waals surface area (Å²) < 4.78 is 11.1. The van der Waals surface area contributed by atoms with Crippen molar-refractivity contribution in [1.29, 1.82) is 0 Å². The normalized spacial score (nSPS) is 15.4. The number of methoxy groups -OCH3 is 1. The molecule has 178 valence electrons. The number of anilines is 1. The number of rotatable bonds is 8. The Balaban J connectivity index is 1.47. The predicted octanol–water partition coefficient (Wildman–Crippen LogP) is 4.31. The molecular weight excluding hydrogens is 478 g/mol. The number of amides is 1. The Kier molecular flexibility index (Phi) is 6.83. The van der Waals surface area contributed by atoms with Crippen LogP contribution in [0.3, 0.4) is 0 Å². The molecule has 1 amide bonds. The van der Waals surface area contributed by atoms with Crippen LogP contribution in [0.4, 0.5) is 5.13 Å². The minimum Gasteiger partial charge on any atom is -0.494 e. The summed E-state index contributed by atoms with van der Waals surface area (Å²) in [7, 11) is 1.52. The molecule has 1 aliphatic rings. The van der Waals surface area contributed by atoms with Gasteiger partial charge in [-0.3, -0.25) is 15.1 Å². The quantitative estimate of drug-likeness (QED) is 0.346. The van der Waals surface area contributed by atoms with Crippen molar-refractivity contribution in [1.82, 2.24) is 20.2 Å². The second-order valence-corrected chi connectivity index (χ2v) is 9.76. The van der Waals surface area contributed by atoms with Gasteiger partial charge < -0.3 is 14.6 Å². The number of halogens is 1. The average Bonchev–Trinajstić information content (AvgIpc) is 3.18. The maximum Gasteiger partial charge on any atom is 0.295 e. The monoisotopic (exact) mass is 501 g/mol.